The lowest BCUT2D eigenvalue weighted by molar-refractivity contribution is -0.660. The van der Waals surface area contributed by atoms with Crippen molar-refractivity contribution in [2.45, 2.75) is 72.6 Å². The Kier molecular flexibility index (Phi) is 13.1. The van der Waals surface area contributed by atoms with Crippen molar-refractivity contribution < 1.29 is 22.7 Å². The summed E-state index contributed by atoms with van der Waals surface area (Å²) in [6, 6.07) is 72.8. The van der Waals surface area contributed by atoms with Gasteiger partial charge in [-0.1, -0.05) is 129 Å². The summed E-state index contributed by atoms with van der Waals surface area (Å²) in [7, 11) is 8.55. The van der Waals surface area contributed by atoms with Crippen LogP contribution in [0.15, 0.2) is 229 Å². The second-order valence-electron chi connectivity index (χ2n) is 27.9. The molecule has 9 aromatic carbocycles. The van der Waals surface area contributed by atoms with Gasteiger partial charge >= 0.3 is 0 Å². The average Bonchev–Trinajstić information content (AvgIpc) is 1.56. The third kappa shape index (κ3) is 8.55. The molecule has 0 unspecified atom stereocenters. The molecule has 0 aliphatic heterocycles. The van der Waals surface area contributed by atoms with E-state index in [2.05, 4.69) is 305 Å². The monoisotopic (exact) mass is 1260 g/mol. The first-order valence-electron chi connectivity index (χ1n) is 33.9. The Balaban J connectivity index is 0.0000000938. The molecule has 0 radical (unpaired) electrons. The van der Waals surface area contributed by atoms with Crippen LogP contribution in [0.1, 0.15) is 91.7 Å². The van der Waals surface area contributed by atoms with E-state index in [1.807, 2.05) is 23.5 Å². The smallest absolute Gasteiger partial charge is 0.259 e. The number of thiophene rings is 1. The van der Waals surface area contributed by atoms with Crippen LogP contribution in [0, 0.1) is 27.7 Å². The van der Waals surface area contributed by atoms with E-state index in [4.69, 9.17) is 4.42 Å². The molecular formula is C89H75N5OS+4. The highest BCUT2D eigenvalue weighted by Crippen LogP contribution is 2.54. The summed E-state index contributed by atoms with van der Waals surface area (Å²) in [5.41, 5.74) is 44.0. The topological polar surface area (TPSA) is 33.6 Å². The predicted molar refractivity (Wildman–Crippen MR) is 394 cm³/mol. The SMILES string of the molecule is Cc1c2c(cc3c1-c1c(ccc[n+]1C)C3(C)C)-c1ccccc1C2.Cc1c2c(cc3c1c1c(ccc[n+]1C)n3-c1ccccc1)-c1ccccc1C2.Cc1c2c(cc3oc4ccc[n+](C)c4c13)-c1ccccc1C2.Cc1c2c(cc3sc4ccc[n+](C)c4c13)-c1ccccc1C2. The van der Waals surface area contributed by atoms with Gasteiger partial charge in [0, 0.05) is 45.6 Å². The minimum Gasteiger partial charge on any atom is -0.449 e. The molecule has 16 aromatic rings. The number of hydrogen-bond acceptors (Lipinski definition) is 2. The number of rotatable bonds is 1. The molecule has 6 nitrogen and oxygen atoms in total. The number of para-hydroxylation sites is 1. The van der Waals surface area contributed by atoms with Crippen molar-refractivity contribution in [1.29, 1.82) is 0 Å². The molecule has 0 atom stereocenters. The van der Waals surface area contributed by atoms with Crippen LogP contribution in [0.2, 0.25) is 0 Å². The molecule has 0 saturated heterocycles. The Bertz CT molecular complexity index is 5860. The zero-order valence-electron chi connectivity index (χ0n) is 56.2. The quantitative estimate of drug-likeness (QED) is 0.151. The maximum absolute atomic E-state index is 6.13. The van der Waals surface area contributed by atoms with Crippen molar-refractivity contribution >= 4 is 75.6 Å². The number of benzene rings is 9. The maximum atomic E-state index is 6.13. The molecule has 464 valence electrons. The summed E-state index contributed by atoms with van der Waals surface area (Å²) in [6.07, 6.45) is 12.7. The lowest BCUT2D eigenvalue weighted by Gasteiger charge is -2.21. The van der Waals surface area contributed by atoms with Gasteiger partial charge in [-0.15, -0.1) is 11.3 Å². The number of nitrogens with zero attached hydrogens (tertiary/aromatic N) is 5. The van der Waals surface area contributed by atoms with Crippen LogP contribution in [-0.4, -0.2) is 4.57 Å². The summed E-state index contributed by atoms with van der Waals surface area (Å²) in [5, 5.41) is 4.06. The normalized spacial score (nSPS) is 13.4. The predicted octanol–water partition coefficient (Wildman–Crippen LogP) is 19.2. The van der Waals surface area contributed by atoms with Crippen LogP contribution >= 0.6 is 11.3 Å². The van der Waals surface area contributed by atoms with Crippen molar-refractivity contribution in [1.82, 2.24) is 4.57 Å². The molecule has 7 heterocycles. The Labute approximate surface area is 564 Å². The maximum Gasteiger partial charge on any atom is 0.259 e. The van der Waals surface area contributed by atoms with Gasteiger partial charge in [-0.05, 0) is 231 Å². The van der Waals surface area contributed by atoms with Crippen molar-refractivity contribution in [2.75, 3.05) is 0 Å². The van der Waals surface area contributed by atoms with E-state index in [0.717, 1.165) is 36.8 Å². The van der Waals surface area contributed by atoms with Crippen molar-refractivity contribution in [3.63, 3.8) is 0 Å². The van der Waals surface area contributed by atoms with E-state index < -0.39 is 0 Å². The number of furan rings is 1. The molecule has 0 saturated carbocycles. The first-order chi connectivity index (χ1) is 46.7. The summed E-state index contributed by atoms with van der Waals surface area (Å²) >= 11 is 1.91. The standard InChI is InChI=1S/C26H21N2.C23H22N.C20H16NO.C20H16NS/c1-17-21-15-18-9-6-7-12-20(18)22(21)16-24-25(17)26-23(13-8-14-27(26)2)28(24)19-10-4-3-5-11-19;1-14-17-12-15-8-5-6-9-16(15)18(17)13-20-21(14)22-19(23(20,2)3)10-7-11-24(22)4;2*1-12-15-10-13-6-3-4-7-14(13)16(15)11-18-19(12)20-17(22-18)8-5-9-21(20)2/h3-14,16H,15H2,1-2H3;5-11,13H,12H2,1-4H3;2*3-9,11H,10H2,1-2H3/q4*+1. The molecule has 7 heteroatoms. The van der Waals surface area contributed by atoms with Crippen LogP contribution in [0.25, 0.3) is 126 Å². The first kappa shape index (κ1) is 58.0. The average molecular weight is 1260 g/mol. The number of fused-ring (bicyclic) bond motifs is 24. The van der Waals surface area contributed by atoms with Crippen LogP contribution < -0.4 is 18.3 Å². The van der Waals surface area contributed by atoms with Crippen LogP contribution in [0.3, 0.4) is 0 Å². The third-order valence-electron chi connectivity index (χ3n) is 22.3. The van der Waals surface area contributed by atoms with Gasteiger partial charge in [0.15, 0.2) is 30.4 Å². The molecule has 5 aliphatic rings. The second kappa shape index (κ2) is 21.7. The fraction of sp³-hybridized carbons (Fsp3) is 0.169. The van der Waals surface area contributed by atoms with Crippen LogP contribution in [0.4, 0.5) is 0 Å². The fourth-order valence-corrected chi connectivity index (χ4v) is 18.8. The molecule has 7 aromatic heterocycles. The van der Waals surface area contributed by atoms with E-state index in [-0.39, 0.29) is 5.41 Å². The van der Waals surface area contributed by atoms with Gasteiger partial charge in [0.1, 0.15) is 44.0 Å². The summed E-state index contributed by atoms with van der Waals surface area (Å²) < 4.78 is 20.3. The minimum absolute atomic E-state index is 0.0566. The Morgan fingerprint density at radius 1 is 0.365 bits per heavy atom. The lowest BCUT2D eigenvalue weighted by atomic mass is 9.81. The van der Waals surface area contributed by atoms with Gasteiger partial charge < -0.3 is 8.98 Å². The van der Waals surface area contributed by atoms with Crippen molar-refractivity contribution in [2.24, 2.45) is 28.2 Å². The largest absolute Gasteiger partial charge is 0.449 e. The molecule has 21 rings (SSSR count). The Hall–Kier alpha value is -10.6. The van der Waals surface area contributed by atoms with Gasteiger partial charge in [0.2, 0.25) is 16.7 Å². The zero-order valence-corrected chi connectivity index (χ0v) is 57.1. The van der Waals surface area contributed by atoms with Crippen LogP contribution in [-0.2, 0) is 59.3 Å². The van der Waals surface area contributed by atoms with E-state index in [1.165, 1.54) is 192 Å². The van der Waals surface area contributed by atoms with Crippen molar-refractivity contribution in [3.05, 3.63) is 303 Å². The third-order valence-corrected chi connectivity index (χ3v) is 23.4. The molecular weight excluding hydrogens is 1190 g/mol. The highest BCUT2D eigenvalue weighted by atomic mass is 32.1. The zero-order chi connectivity index (χ0) is 65.2. The molecule has 5 aliphatic carbocycles. The molecule has 96 heavy (non-hydrogen) atoms. The number of aromatic nitrogens is 5. The first-order valence-corrected chi connectivity index (χ1v) is 34.7. The molecule has 0 N–H and O–H groups in total. The number of aryl methyl sites for hydroxylation is 7. The summed E-state index contributed by atoms with van der Waals surface area (Å²) in [5.74, 6) is 0. The van der Waals surface area contributed by atoms with Gasteiger partial charge in [0.25, 0.3) is 5.52 Å². The Morgan fingerprint density at radius 2 is 0.833 bits per heavy atom. The highest BCUT2D eigenvalue weighted by Gasteiger charge is 2.44. The fourth-order valence-electron chi connectivity index (χ4n) is 17.6. The highest BCUT2D eigenvalue weighted by molar-refractivity contribution is 7.25. The lowest BCUT2D eigenvalue weighted by Crippen LogP contribution is -2.31. The van der Waals surface area contributed by atoms with Gasteiger partial charge in [0.05, 0.1) is 27.2 Å². The van der Waals surface area contributed by atoms with Gasteiger partial charge in [-0.2, -0.15) is 13.7 Å². The number of pyridine rings is 4. The van der Waals surface area contributed by atoms with Crippen LogP contribution in [0.5, 0.6) is 0 Å². The Morgan fingerprint density at radius 3 is 1.45 bits per heavy atom. The van der Waals surface area contributed by atoms with Gasteiger partial charge in [-0.25, -0.2) is 4.57 Å². The van der Waals surface area contributed by atoms with E-state index >= 15 is 0 Å². The molecule has 0 fully saturated rings. The summed E-state index contributed by atoms with van der Waals surface area (Å²) in [4.78, 5) is 0. The minimum atomic E-state index is 0.0566. The van der Waals surface area contributed by atoms with E-state index in [1.54, 1.807) is 0 Å². The second-order valence-corrected chi connectivity index (χ2v) is 29.0. The number of hydrogen-bond donors (Lipinski definition) is 0. The van der Waals surface area contributed by atoms with Crippen molar-refractivity contribution in [3.8, 4) is 61.5 Å². The van der Waals surface area contributed by atoms with Gasteiger partial charge in [-0.3, -0.25) is 0 Å². The van der Waals surface area contributed by atoms with E-state index in [9.17, 15) is 0 Å². The van der Waals surface area contributed by atoms with E-state index in [0.29, 0.717) is 0 Å². The molecule has 0 bridgehead atoms. The molecule has 0 amide bonds. The molecule has 0 spiro atoms. The summed E-state index contributed by atoms with van der Waals surface area (Å²) in [6.45, 7) is 13.9.